The zero-order chi connectivity index (χ0) is 13.1. The molecule has 0 saturated carbocycles. The number of rotatable bonds is 3. The van der Waals surface area contributed by atoms with Gasteiger partial charge in [-0.3, -0.25) is 9.78 Å². The average Bonchev–Trinajstić information content (AvgIpc) is 2.40. The smallest absolute Gasteiger partial charge is 0.213 e. The molecule has 0 radical (unpaired) electrons. The van der Waals surface area contributed by atoms with E-state index in [1.54, 1.807) is 12.3 Å². The van der Waals surface area contributed by atoms with Gasteiger partial charge in [0.25, 0.3) is 0 Å². The van der Waals surface area contributed by atoms with Crippen LogP contribution < -0.4 is 0 Å². The lowest BCUT2D eigenvalue weighted by Gasteiger charge is -2.07. The summed E-state index contributed by atoms with van der Waals surface area (Å²) < 4.78 is 13.2. The van der Waals surface area contributed by atoms with Crippen molar-refractivity contribution in [1.29, 1.82) is 0 Å². The van der Waals surface area contributed by atoms with Crippen molar-refractivity contribution < 1.29 is 9.18 Å². The van der Waals surface area contributed by atoms with E-state index in [-0.39, 0.29) is 16.4 Å². The fourth-order valence-electron chi connectivity index (χ4n) is 1.73. The van der Waals surface area contributed by atoms with Crippen molar-refractivity contribution in [3.63, 3.8) is 0 Å². The van der Waals surface area contributed by atoms with E-state index in [0.29, 0.717) is 12.1 Å². The molecule has 92 valence electrons. The number of carbonyl (C=O) groups excluding carboxylic acids is 1. The Labute approximate surface area is 109 Å². The highest BCUT2D eigenvalue weighted by Crippen LogP contribution is 2.21. The van der Waals surface area contributed by atoms with Crippen molar-refractivity contribution in [1.82, 2.24) is 4.98 Å². The van der Waals surface area contributed by atoms with E-state index in [1.165, 1.54) is 12.1 Å². The van der Waals surface area contributed by atoms with Crippen LogP contribution >= 0.6 is 11.6 Å². The summed E-state index contributed by atoms with van der Waals surface area (Å²) in [4.78, 5) is 16.4. The molecule has 0 amide bonds. The van der Waals surface area contributed by atoms with Crippen LogP contribution in [0.25, 0.3) is 0 Å². The molecule has 1 aromatic carbocycles. The maximum atomic E-state index is 13.2. The van der Waals surface area contributed by atoms with Gasteiger partial charge in [0.1, 0.15) is 11.5 Å². The van der Waals surface area contributed by atoms with Crippen molar-refractivity contribution in [2.45, 2.75) is 13.3 Å². The van der Waals surface area contributed by atoms with Gasteiger partial charge in [0, 0.05) is 11.8 Å². The van der Waals surface area contributed by atoms with Crippen molar-refractivity contribution in [2.24, 2.45) is 0 Å². The van der Waals surface area contributed by atoms with Crippen LogP contribution in [0.4, 0.5) is 4.39 Å². The fraction of sp³-hybridized carbons (Fsp3) is 0.143. The summed E-state index contributed by atoms with van der Waals surface area (Å²) in [5, 5.41) is 0.231. The summed E-state index contributed by atoms with van der Waals surface area (Å²) in [6, 6.07) is 7.33. The van der Waals surface area contributed by atoms with Crippen LogP contribution in [0.1, 0.15) is 28.5 Å². The Morgan fingerprint density at radius 1 is 1.39 bits per heavy atom. The second-order valence-corrected chi connectivity index (χ2v) is 4.23. The quantitative estimate of drug-likeness (QED) is 0.791. The molecule has 18 heavy (non-hydrogen) atoms. The Bertz CT molecular complexity index is 598. The number of hydrogen-bond acceptors (Lipinski definition) is 2. The summed E-state index contributed by atoms with van der Waals surface area (Å²) in [7, 11) is 0. The van der Waals surface area contributed by atoms with Crippen molar-refractivity contribution in [3.8, 4) is 0 Å². The lowest BCUT2D eigenvalue weighted by Crippen LogP contribution is -2.08. The van der Waals surface area contributed by atoms with E-state index in [1.807, 2.05) is 13.0 Å². The van der Waals surface area contributed by atoms with E-state index < -0.39 is 5.82 Å². The number of nitrogens with zero attached hydrogens (tertiary/aromatic N) is 1. The van der Waals surface area contributed by atoms with Gasteiger partial charge in [-0.1, -0.05) is 24.6 Å². The molecule has 2 aromatic rings. The molecule has 0 atom stereocenters. The van der Waals surface area contributed by atoms with Crippen molar-refractivity contribution >= 4 is 17.4 Å². The third-order valence-corrected chi connectivity index (χ3v) is 2.99. The number of ketones is 1. The van der Waals surface area contributed by atoms with Gasteiger partial charge in [-0.15, -0.1) is 0 Å². The van der Waals surface area contributed by atoms with Crippen molar-refractivity contribution in [2.75, 3.05) is 0 Å². The normalized spacial score (nSPS) is 10.4. The van der Waals surface area contributed by atoms with Gasteiger partial charge in [0.15, 0.2) is 0 Å². The van der Waals surface area contributed by atoms with Crippen LogP contribution in [0.3, 0.4) is 0 Å². The fourth-order valence-corrected chi connectivity index (χ4v) is 1.93. The highest BCUT2D eigenvalue weighted by Gasteiger charge is 2.17. The topological polar surface area (TPSA) is 30.0 Å². The largest absolute Gasteiger partial charge is 0.287 e. The molecule has 1 aromatic heterocycles. The molecule has 0 N–H and O–H groups in total. The second-order valence-electron chi connectivity index (χ2n) is 3.82. The molecule has 4 heteroatoms. The zero-order valence-corrected chi connectivity index (χ0v) is 10.5. The molecule has 0 aliphatic rings. The minimum atomic E-state index is -0.489. The number of pyridine rings is 1. The SMILES string of the molecule is CCc1cccnc1C(=O)c1cc(F)ccc1Cl. The van der Waals surface area contributed by atoms with Gasteiger partial charge in [0.2, 0.25) is 5.78 Å². The Morgan fingerprint density at radius 2 is 2.17 bits per heavy atom. The maximum Gasteiger partial charge on any atom is 0.213 e. The first-order valence-electron chi connectivity index (χ1n) is 5.57. The molecule has 0 fully saturated rings. The molecule has 2 nitrogen and oxygen atoms in total. The number of carbonyl (C=O) groups is 1. The average molecular weight is 264 g/mol. The highest BCUT2D eigenvalue weighted by molar-refractivity contribution is 6.34. The third-order valence-electron chi connectivity index (χ3n) is 2.66. The van der Waals surface area contributed by atoms with Crippen LogP contribution in [0.15, 0.2) is 36.5 Å². The van der Waals surface area contributed by atoms with Crippen LogP contribution in [0.2, 0.25) is 5.02 Å². The van der Waals surface area contributed by atoms with Gasteiger partial charge in [-0.05, 0) is 36.2 Å². The van der Waals surface area contributed by atoms with Crippen LogP contribution in [0.5, 0.6) is 0 Å². The first kappa shape index (κ1) is 12.7. The summed E-state index contributed by atoms with van der Waals surface area (Å²) in [5.74, 6) is -0.839. The molecule has 0 aliphatic heterocycles. The number of aromatic nitrogens is 1. The maximum absolute atomic E-state index is 13.2. The number of hydrogen-bond donors (Lipinski definition) is 0. The standard InChI is InChI=1S/C14H11ClFNO/c1-2-9-4-3-7-17-13(9)14(18)11-8-10(16)5-6-12(11)15/h3-8H,2H2,1H3. The van der Waals surface area contributed by atoms with Gasteiger partial charge in [-0.2, -0.15) is 0 Å². The van der Waals surface area contributed by atoms with E-state index in [0.717, 1.165) is 11.6 Å². The van der Waals surface area contributed by atoms with E-state index in [2.05, 4.69) is 4.98 Å². The summed E-state index contributed by atoms with van der Waals surface area (Å²) in [6.45, 7) is 1.93. The van der Waals surface area contributed by atoms with Gasteiger partial charge in [-0.25, -0.2) is 4.39 Å². The van der Waals surface area contributed by atoms with Crippen molar-refractivity contribution in [3.05, 3.63) is 64.2 Å². The first-order valence-corrected chi connectivity index (χ1v) is 5.95. The van der Waals surface area contributed by atoms with Gasteiger partial charge >= 0.3 is 0 Å². The van der Waals surface area contributed by atoms with Gasteiger partial charge < -0.3 is 0 Å². The molecule has 1 heterocycles. The van der Waals surface area contributed by atoms with E-state index >= 15 is 0 Å². The monoisotopic (exact) mass is 263 g/mol. The zero-order valence-electron chi connectivity index (χ0n) is 9.78. The Hall–Kier alpha value is -1.74. The lowest BCUT2D eigenvalue weighted by molar-refractivity contribution is 0.103. The Morgan fingerprint density at radius 3 is 2.89 bits per heavy atom. The van der Waals surface area contributed by atoms with E-state index in [4.69, 9.17) is 11.6 Å². The Balaban J connectivity index is 2.51. The Kier molecular flexibility index (Phi) is 3.72. The molecule has 2 rings (SSSR count). The minimum Gasteiger partial charge on any atom is -0.287 e. The highest BCUT2D eigenvalue weighted by atomic mass is 35.5. The molecule has 0 bridgehead atoms. The molecular formula is C14H11ClFNO. The summed E-state index contributed by atoms with van der Waals surface area (Å²) in [5.41, 5.74) is 1.29. The van der Waals surface area contributed by atoms with E-state index in [9.17, 15) is 9.18 Å². The van der Waals surface area contributed by atoms with Crippen LogP contribution in [0, 0.1) is 5.82 Å². The first-order chi connectivity index (χ1) is 8.63. The van der Waals surface area contributed by atoms with Crippen LogP contribution in [-0.2, 0) is 6.42 Å². The molecular weight excluding hydrogens is 253 g/mol. The second kappa shape index (κ2) is 5.27. The number of halogens is 2. The third kappa shape index (κ3) is 2.41. The lowest BCUT2D eigenvalue weighted by atomic mass is 10.0. The number of benzene rings is 1. The summed E-state index contributed by atoms with van der Waals surface area (Å²) >= 11 is 5.92. The summed E-state index contributed by atoms with van der Waals surface area (Å²) in [6.07, 6.45) is 2.22. The minimum absolute atomic E-state index is 0.144. The molecule has 0 aliphatic carbocycles. The predicted octanol–water partition coefficient (Wildman–Crippen LogP) is 3.67. The number of aryl methyl sites for hydroxylation is 1. The van der Waals surface area contributed by atoms with Crippen LogP contribution in [-0.4, -0.2) is 10.8 Å². The predicted molar refractivity (Wildman–Crippen MR) is 68.5 cm³/mol. The molecule has 0 saturated heterocycles. The van der Waals surface area contributed by atoms with Gasteiger partial charge in [0.05, 0.1) is 5.02 Å². The molecule has 0 spiro atoms. The molecule has 0 unspecified atom stereocenters.